The summed E-state index contributed by atoms with van der Waals surface area (Å²) < 4.78 is 9.13. The second-order valence-corrected chi connectivity index (χ2v) is 9.76. The van der Waals surface area contributed by atoms with E-state index < -0.39 is 0 Å². The third kappa shape index (κ3) is 3.00. The van der Waals surface area contributed by atoms with Crippen LogP contribution < -0.4 is 0 Å². The molecule has 0 saturated carbocycles. The van der Waals surface area contributed by atoms with Crippen molar-refractivity contribution in [1.82, 2.24) is 14.5 Å². The molecule has 1 fully saturated rings. The topological polar surface area (TPSA) is 47.4 Å². The lowest BCUT2D eigenvalue weighted by Crippen LogP contribution is -2.26. The number of benzene rings is 2. The van der Waals surface area contributed by atoms with Crippen LogP contribution in [0.3, 0.4) is 0 Å². The average molecular weight is 490 g/mol. The molecule has 0 radical (unpaired) electrons. The van der Waals surface area contributed by atoms with Gasteiger partial charge in [0.1, 0.15) is 0 Å². The molecule has 6 heteroatoms. The van der Waals surface area contributed by atoms with Crippen LogP contribution in [0.15, 0.2) is 59.2 Å². The molecule has 6 rings (SSSR count). The predicted octanol–water partition coefficient (Wildman–Crippen LogP) is 5.55. The van der Waals surface area contributed by atoms with E-state index in [0.717, 1.165) is 63.6 Å². The van der Waals surface area contributed by atoms with E-state index in [2.05, 4.69) is 63.0 Å². The number of pyridine rings is 1. The molecule has 32 heavy (non-hydrogen) atoms. The SMILES string of the molecule is CN1Cc2c(ccc3c2c2ncc(Br)cc2n3[C@H](c2ccccc2)C2CCOCC2)C1=O. The summed E-state index contributed by atoms with van der Waals surface area (Å²) in [5.74, 6) is 0.547. The van der Waals surface area contributed by atoms with Gasteiger partial charge in [-0.05, 0) is 64.0 Å². The van der Waals surface area contributed by atoms with Crippen LogP contribution in [0.2, 0.25) is 0 Å². The van der Waals surface area contributed by atoms with E-state index in [9.17, 15) is 4.79 Å². The Morgan fingerprint density at radius 2 is 1.88 bits per heavy atom. The van der Waals surface area contributed by atoms with E-state index in [1.54, 1.807) is 4.90 Å². The number of nitrogens with zero attached hydrogens (tertiary/aromatic N) is 3. The number of carbonyl (C=O) groups is 1. The minimum absolute atomic E-state index is 0.0870. The normalized spacial score (nSPS) is 17.9. The summed E-state index contributed by atoms with van der Waals surface area (Å²) in [5, 5.41) is 1.11. The highest BCUT2D eigenvalue weighted by molar-refractivity contribution is 9.10. The average Bonchev–Trinajstić information content (AvgIpc) is 3.29. The zero-order chi connectivity index (χ0) is 21.8. The van der Waals surface area contributed by atoms with Crippen LogP contribution in [0.25, 0.3) is 21.9 Å². The van der Waals surface area contributed by atoms with E-state index in [0.29, 0.717) is 12.5 Å². The largest absolute Gasteiger partial charge is 0.381 e. The molecule has 162 valence electrons. The minimum atomic E-state index is 0.0870. The summed E-state index contributed by atoms with van der Waals surface area (Å²) in [5.41, 5.74) is 6.40. The first-order valence-electron chi connectivity index (χ1n) is 11.1. The molecular formula is C26H24BrN3O2. The van der Waals surface area contributed by atoms with E-state index in [1.807, 2.05) is 19.3 Å². The number of fused-ring (bicyclic) bond motifs is 5. The van der Waals surface area contributed by atoms with Crippen molar-refractivity contribution in [3.8, 4) is 0 Å². The zero-order valence-corrected chi connectivity index (χ0v) is 19.5. The molecule has 2 aromatic carbocycles. The molecule has 0 unspecified atom stereocenters. The summed E-state index contributed by atoms with van der Waals surface area (Å²) in [6, 6.07) is 17.2. The molecule has 2 aromatic heterocycles. The summed E-state index contributed by atoms with van der Waals surface area (Å²) in [7, 11) is 1.87. The first-order valence-corrected chi connectivity index (χ1v) is 11.9. The van der Waals surface area contributed by atoms with Crippen molar-refractivity contribution in [3.05, 3.63) is 75.9 Å². The third-order valence-corrected chi connectivity index (χ3v) is 7.42. The van der Waals surface area contributed by atoms with E-state index in [4.69, 9.17) is 9.72 Å². The maximum atomic E-state index is 12.7. The van der Waals surface area contributed by atoms with Gasteiger partial charge in [0, 0.05) is 48.4 Å². The van der Waals surface area contributed by atoms with Crippen molar-refractivity contribution in [3.63, 3.8) is 0 Å². The fraction of sp³-hybridized carbons (Fsp3) is 0.308. The van der Waals surface area contributed by atoms with Crippen molar-refractivity contribution in [1.29, 1.82) is 0 Å². The van der Waals surface area contributed by atoms with Gasteiger partial charge in [0.2, 0.25) is 0 Å². The van der Waals surface area contributed by atoms with Gasteiger partial charge in [-0.1, -0.05) is 30.3 Å². The Hall–Kier alpha value is -2.70. The summed E-state index contributed by atoms with van der Waals surface area (Å²) >= 11 is 3.65. The second kappa shape index (κ2) is 7.71. The van der Waals surface area contributed by atoms with Crippen LogP contribution in [-0.4, -0.2) is 40.6 Å². The van der Waals surface area contributed by atoms with Crippen LogP contribution in [0.5, 0.6) is 0 Å². The Bertz CT molecular complexity index is 1340. The van der Waals surface area contributed by atoms with Gasteiger partial charge in [-0.3, -0.25) is 9.78 Å². The molecular weight excluding hydrogens is 466 g/mol. The number of carbonyl (C=O) groups excluding carboxylic acids is 1. The Morgan fingerprint density at radius 3 is 2.66 bits per heavy atom. The molecule has 2 aliphatic heterocycles. The van der Waals surface area contributed by atoms with Crippen LogP contribution in [0.4, 0.5) is 0 Å². The lowest BCUT2D eigenvalue weighted by Gasteiger charge is -2.33. The van der Waals surface area contributed by atoms with Gasteiger partial charge in [-0.15, -0.1) is 0 Å². The summed E-state index contributed by atoms with van der Waals surface area (Å²) in [6.07, 6.45) is 3.90. The number of hydrogen-bond acceptors (Lipinski definition) is 3. The number of rotatable bonds is 3. The fourth-order valence-electron chi connectivity index (χ4n) is 5.53. The smallest absolute Gasteiger partial charge is 0.254 e. The fourth-order valence-corrected chi connectivity index (χ4v) is 5.85. The highest BCUT2D eigenvalue weighted by Crippen LogP contribution is 2.43. The first kappa shape index (κ1) is 19.9. The lowest BCUT2D eigenvalue weighted by molar-refractivity contribution is 0.0553. The number of ether oxygens (including phenoxy) is 1. The number of aromatic nitrogens is 2. The van der Waals surface area contributed by atoms with Crippen LogP contribution in [0, 0.1) is 5.92 Å². The highest BCUT2D eigenvalue weighted by Gasteiger charge is 2.33. The van der Waals surface area contributed by atoms with Crippen molar-refractivity contribution >= 4 is 43.8 Å². The van der Waals surface area contributed by atoms with E-state index >= 15 is 0 Å². The molecule has 0 spiro atoms. The van der Waals surface area contributed by atoms with Gasteiger partial charge in [0.25, 0.3) is 5.91 Å². The van der Waals surface area contributed by atoms with Crippen LogP contribution in [-0.2, 0) is 11.3 Å². The van der Waals surface area contributed by atoms with Crippen molar-refractivity contribution in [2.45, 2.75) is 25.4 Å². The highest BCUT2D eigenvalue weighted by atomic mass is 79.9. The number of amides is 1. The minimum Gasteiger partial charge on any atom is -0.381 e. The predicted molar refractivity (Wildman–Crippen MR) is 129 cm³/mol. The van der Waals surface area contributed by atoms with Gasteiger partial charge in [0.15, 0.2) is 0 Å². The van der Waals surface area contributed by atoms with E-state index in [-0.39, 0.29) is 11.9 Å². The molecule has 5 nitrogen and oxygen atoms in total. The summed E-state index contributed by atoms with van der Waals surface area (Å²) in [4.78, 5) is 19.4. The molecule has 1 amide bonds. The first-order chi connectivity index (χ1) is 15.6. The van der Waals surface area contributed by atoms with Crippen LogP contribution in [0.1, 0.15) is 40.4 Å². The Morgan fingerprint density at radius 1 is 1.09 bits per heavy atom. The molecule has 1 atom stereocenters. The second-order valence-electron chi connectivity index (χ2n) is 8.84. The molecule has 4 aromatic rings. The molecule has 1 saturated heterocycles. The number of hydrogen-bond donors (Lipinski definition) is 0. The lowest BCUT2D eigenvalue weighted by atomic mass is 9.86. The Balaban J connectivity index is 1.69. The molecule has 4 heterocycles. The van der Waals surface area contributed by atoms with Gasteiger partial charge in [-0.2, -0.15) is 0 Å². The van der Waals surface area contributed by atoms with Crippen molar-refractivity contribution in [2.24, 2.45) is 5.92 Å². The Kier molecular flexibility index (Phi) is 4.81. The molecule has 0 aliphatic carbocycles. The zero-order valence-electron chi connectivity index (χ0n) is 17.9. The van der Waals surface area contributed by atoms with Gasteiger partial charge < -0.3 is 14.2 Å². The third-order valence-electron chi connectivity index (χ3n) is 6.99. The standard InChI is InChI=1S/C26H24BrN3O2/c1-29-15-20-19(26(29)31)7-8-21-23(20)24-22(13-18(27)14-28-24)30(21)25(16-5-3-2-4-6-16)17-9-11-32-12-10-17/h2-8,13-14,17,25H,9-12,15H2,1H3/t25-/m1/s1. The van der Waals surface area contributed by atoms with Crippen molar-refractivity contribution in [2.75, 3.05) is 20.3 Å². The molecule has 2 aliphatic rings. The van der Waals surface area contributed by atoms with Crippen molar-refractivity contribution < 1.29 is 9.53 Å². The maximum absolute atomic E-state index is 12.7. The molecule has 0 N–H and O–H groups in total. The monoisotopic (exact) mass is 489 g/mol. The summed E-state index contributed by atoms with van der Waals surface area (Å²) in [6.45, 7) is 2.21. The van der Waals surface area contributed by atoms with E-state index in [1.165, 1.54) is 5.56 Å². The van der Waals surface area contributed by atoms with Crippen LogP contribution >= 0.6 is 15.9 Å². The molecule has 0 bridgehead atoms. The van der Waals surface area contributed by atoms with Gasteiger partial charge in [0.05, 0.1) is 22.6 Å². The Labute approximate surface area is 195 Å². The van der Waals surface area contributed by atoms with Gasteiger partial charge >= 0.3 is 0 Å². The number of halogens is 1. The van der Waals surface area contributed by atoms with Gasteiger partial charge in [-0.25, -0.2) is 0 Å². The maximum Gasteiger partial charge on any atom is 0.254 e. The quantitative estimate of drug-likeness (QED) is 0.378.